The van der Waals surface area contributed by atoms with E-state index in [9.17, 15) is 14.0 Å². The Bertz CT molecular complexity index is 669. The molecule has 1 aromatic rings. The Morgan fingerprint density at radius 3 is 2.82 bits per heavy atom. The van der Waals surface area contributed by atoms with Gasteiger partial charge in [-0.05, 0) is 23.6 Å². The van der Waals surface area contributed by atoms with Crippen LogP contribution in [-0.4, -0.2) is 29.9 Å². The third-order valence-corrected chi connectivity index (χ3v) is 3.79. The molecule has 5 nitrogen and oxygen atoms in total. The van der Waals surface area contributed by atoms with Crippen LogP contribution in [0.3, 0.4) is 0 Å². The van der Waals surface area contributed by atoms with Gasteiger partial charge in [0.2, 0.25) is 0 Å². The van der Waals surface area contributed by atoms with Gasteiger partial charge in [0.1, 0.15) is 5.82 Å². The summed E-state index contributed by atoms with van der Waals surface area (Å²) in [6.45, 7) is 5.08. The maximum absolute atomic E-state index is 13.5. The zero-order valence-corrected chi connectivity index (χ0v) is 12.5. The van der Waals surface area contributed by atoms with E-state index in [-0.39, 0.29) is 11.9 Å². The maximum atomic E-state index is 13.5. The third-order valence-electron chi connectivity index (χ3n) is 3.79. The molecule has 22 heavy (non-hydrogen) atoms. The summed E-state index contributed by atoms with van der Waals surface area (Å²) in [5.74, 6) is -0.163. The lowest BCUT2D eigenvalue weighted by atomic mass is 9.96. The van der Waals surface area contributed by atoms with Gasteiger partial charge in [-0.1, -0.05) is 26.0 Å². The highest BCUT2D eigenvalue weighted by Gasteiger charge is 2.40. The van der Waals surface area contributed by atoms with E-state index in [4.69, 9.17) is 0 Å². The molecule has 0 bridgehead atoms. The second kappa shape index (κ2) is 5.44. The summed E-state index contributed by atoms with van der Waals surface area (Å²) in [6, 6.07) is 4.99. The fourth-order valence-corrected chi connectivity index (χ4v) is 2.95. The standard InChI is InChI=1S/C16H18FN3O2/c1-9(2)7-20-8-12-13(15(20)21)14(19-16(22)18-12)10-4-3-5-11(17)6-10/h3-6,9,14H,7-8H2,1-2H3,(H2,18,19,22)/t14-/m1/s1. The normalized spacial score (nSPS) is 21.1. The molecule has 2 N–H and O–H groups in total. The van der Waals surface area contributed by atoms with Gasteiger partial charge >= 0.3 is 6.03 Å². The van der Waals surface area contributed by atoms with E-state index < -0.39 is 11.9 Å². The van der Waals surface area contributed by atoms with Crippen LogP contribution in [0.1, 0.15) is 25.5 Å². The minimum Gasteiger partial charge on any atom is -0.333 e. The molecule has 0 saturated heterocycles. The molecule has 0 fully saturated rings. The fraction of sp³-hybridized carbons (Fsp3) is 0.375. The molecular weight excluding hydrogens is 285 g/mol. The van der Waals surface area contributed by atoms with Crippen LogP contribution in [0.2, 0.25) is 0 Å². The van der Waals surface area contributed by atoms with E-state index in [1.54, 1.807) is 17.0 Å². The van der Waals surface area contributed by atoms with E-state index in [0.29, 0.717) is 35.8 Å². The van der Waals surface area contributed by atoms with Crippen molar-refractivity contribution in [3.8, 4) is 0 Å². The number of carbonyl (C=O) groups excluding carboxylic acids is 2. The fourth-order valence-electron chi connectivity index (χ4n) is 2.95. The van der Waals surface area contributed by atoms with Crippen molar-refractivity contribution in [1.29, 1.82) is 0 Å². The van der Waals surface area contributed by atoms with Gasteiger partial charge in [-0.25, -0.2) is 9.18 Å². The highest BCUT2D eigenvalue weighted by atomic mass is 19.1. The molecule has 6 heteroatoms. The Labute approximate surface area is 128 Å². The molecule has 0 unspecified atom stereocenters. The van der Waals surface area contributed by atoms with E-state index in [1.807, 2.05) is 13.8 Å². The molecule has 0 aliphatic carbocycles. The van der Waals surface area contributed by atoms with Gasteiger partial charge in [-0.15, -0.1) is 0 Å². The number of nitrogens with zero attached hydrogens (tertiary/aromatic N) is 1. The summed E-state index contributed by atoms with van der Waals surface area (Å²) in [6.07, 6.45) is 0. The van der Waals surface area contributed by atoms with Gasteiger partial charge in [0.25, 0.3) is 5.91 Å². The number of benzene rings is 1. The molecule has 1 aromatic carbocycles. The summed E-state index contributed by atoms with van der Waals surface area (Å²) in [5.41, 5.74) is 1.69. The summed E-state index contributed by atoms with van der Waals surface area (Å²) >= 11 is 0. The zero-order chi connectivity index (χ0) is 15.9. The maximum Gasteiger partial charge on any atom is 0.319 e. The van der Waals surface area contributed by atoms with Crippen molar-refractivity contribution in [3.63, 3.8) is 0 Å². The van der Waals surface area contributed by atoms with Crippen LogP contribution in [-0.2, 0) is 4.79 Å². The Hall–Kier alpha value is -2.37. The van der Waals surface area contributed by atoms with E-state index in [1.165, 1.54) is 12.1 Å². The van der Waals surface area contributed by atoms with Crippen LogP contribution in [0.4, 0.5) is 9.18 Å². The largest absolute Gasteiger partial charge is 0.333 e. The minimum absolute atomic E-state index is 0.106. The molecule has 0 radical (unpaired) electrons. The molecule has 116 valence electrons. The quantitative estimate of drug-likeness (QED) is 0.896. The minimum atomic E-state index is -0.607. The number of carbonyl (C=O) groups is 2. The second-order valence-electron chi connectivity index (χ2n) is 6.06. The Morgan fingerprint density at radius 2 is 2.14 bits per heavy atom. The first-order chi connectivity index (χ1) is 10.5. The number of nitrogens with one attached hydrogen (secondary N) is 2. The van der Waals surface area contributed by atoms with Gasteiger partial charge in [-0.3, -0.25) is 4.79 Å². The average Bonchev–Trinajstić information content (AvgIpc) is 2.73. The molecule has 3 amide bonds. The molecule has 0 saturated carbocycles. The van der Waals surface area contributed by atoms with Crippen molar-refractivity contribution in [2.45, 2.75) is 19.9 Å². The number of halogens is 1. The molecule has 2 heterocycles. The predicted octanol–water partition coefficient (Wildman–Crippen LogP) is 1.93. The number of urea groups is 1. The van der Waals surface area contributed by atoms with Gasteiger partial charge in [0, 0.05) is 6.54 Å². The molecular formula is C16H18FN3O2. The van der Waals surface area contributed by atoms with Crippen molar-refractivity contribution in [3.05, 3.63) is 46.9 Å². The van der Waals surface area contributed by atoms with Crippen molar-refractivity contribution in [2.24, 2.45) is 5.92 Å². The molecule has 3 rings (SSSR count). The number of hydrogen-bond donors (Lipinski definition) is 2. The van der Waals surface area contributed by atoms with Gasteiger partial charge < -0.3 is 15.5 Å². The topological polar surface area (TPSA) is 61.4 Å². The van der Waals surface area contributed by atoms with Gasteiger partial charge in [0.05, 0.1) is 23.9 Å². The van der Waals surface area contributed by atoms with Crippen LogP contribution < -0.4 is 10.6 Å². The Balaban J connectivity index is 1.96. The molecule has 0 aromatic heterocycles. The molecule has 0 spiro atoms. The first kappa shape index (κ1) is 14.6. The molecule has 2 aliphatic rings. The Kier molecular flexibility index (Phi) is 3.60. The lowest BCUT2D eigenvalue weighted by Gasteiger charge is -2.25. The van der Waals surface area contributed by atoms with Crippen molar-refractivity contribution in [2.75, 3.05) is 13.1 Å². The second-order valence-corrected chi connectivity index (χ2v) is 6.06. The highest BCUT2D eigenvalue weighted by Crippen LogP contribution is 2.32. The van der Waals surface area contributed by atoms with Crippen molar-refractivity contribution >= 4 is 11.9 Å². The number of rotatable bonds is 3. The van der Waals surface area contributed by atoms with Crippen LogP contribution in [0, 0.1) is 11.7 Å². The summed E-state index contributed by atoms with van der Waals surface area (Å²) in [5, 5.41) is 5.41. The van der Waals surface area contributed by atoms with E-state index >= 15 is 0 Å². The first-order valence-corrected chi connectivity index (χ1v) is 7.31. The van der Waals surface area contributed by atoms with Crippen LogP contribution in [0.5, 0.6) is 0 Å². The summed E-state index contributed by atoms with van der Waals surface area (Å²) < 4.78 is 13.5. The zero-order valence-electron chi connectivity index (χ0n) is 12.5. The number of hydrogen-bond acceptors (Lipinski definition) is 2. The van der Waals surface area contributed by atoms with Gasteiger partial charge in [-0.2, -0.15) is 0 Å². The van der Waals surface area contributed by atoms with Crippen LogP contribution in [0.15, 0.2) is 35.5 Å². The third kappa shape index (κ3) is 2.56. The first-order valence-electron chi connectivity index (χ1n) is 7.31. The smallest absolute Gasteiger partial charge is 0.319 e. The van der Waals surface area contributed by atoms with Crippen molar-refractivity contribution in [1.82, 2.24) is 15.5 Å². The van der Waals surface area contributed by atoms with Gasteiger partial charge in [0.15, 0.2) is 0 Å². The summed E-state index contributed by atoms with van der Waals surface area (Å²) in [4.78, 5) is 26.2. The van der Waals surface area contributed by atoms with E-state index in [2.05, 4.69) is 10.6 Å². The monoisotopic (exact) mass is 303 g/mol. The molecule has 2 aliphatic heterocycles. The van der Waals surface area contributed by atoms with Crippen molar-refractivity contribution < 1.29 is 14.0 Å². The molecule has 1 atom stereocenters. The average molecular weight is 303 g/mol. The Morgan fingerprint density at radius 1 is 1.36 bits per heavy atom. The number of amides is 3. The lowest BCUT2D eigenvalue weighted by molar-refractivity contribution is -0.126. The predicted molar refractivity (Wildman–Crippen MR) is 79.3 cm³/mol. The lowest BCUT2D eigenvalue weighted by Crippen LogP contribution is -2.44. The van der Waals surface area contributed by atoms with Crippen LogP contribution >= 0.6 is 0 Å². The summed E-state index contributed by atoms with van der Waals surface area (Å²) in [7, 11) is 0. The van der Waals surface area contributed by atoms with E-state index in [0.717, 1.165) is 0 Å². The highest BCUT2D eigenvalue weighted by molar-refractivity contribution is 6.01. The SMILES string of the molecule is CC(C)CN1CC2=C(C1=O)[C@@H](c1cccc(F)c1)NC(=O)N2. The van der Waals surface area contributed by atoms with Crippen LogP contribution in [0.25, 0.3) is 0 Å².